The molecule has 1 atom stereocenters. The van der Waals surface area contributed by atoms with Gasteiger partial charge in [-0.2, -0.15) is 0 Å². The number of halogens is 1. The molecule has 3 nitrogen and oxygen atoms in total. The number of aliphatic hydroxyl groups is 1. The van der Waals surface area contributed by atoms with Crippen LogP contribution in [0.4, 0.5) is 0 Å². The Balaban J connectivity index is 2.71. The maximum atomic E-state index is 12.0. The van der Waals surface area contributed by atoms with E-state index >= 15 is 0 Å². The van der Waals surface area contributed by atoms with E-state index in [0.29, 0.717) is 11.5 Å². The summed E-state index contributed by atoms with van der Waals surface area (Å²) >= 11 is 3.40. The number of rotatable bonds is 5. The van der Waals surface area contributed by atoms with Crippen LogP contribution in [0.15, 0.2) is 22.7 Å². The number of benzene rings is 1. The Labute approximate surface area is 117 Å². The molecule has 0 aliphatic heterocycles. The first-order valence-corrected chi connectivity index (χ1v) is 6.91. The summed E-state index contributed by atoms with van der Waals surface area (Å²) in [5.74, 6) is 0.305. The molecule has 2 N–H and O–H groups in total. The van der Waals surface area contributed by atoms with Crippen molar-refractivity contribution in [3.63, 3.8) is 0 Å². The van der Waals surface area contributed by atoms with Crippen LogP contribution in [-0.2, 0) is 0 Å². The van der Waals surface area contributed by atoms with E-state index in [2.05, 4.69) is 35.1 Å². The highest BCUT2D eigenvalue weighted by Gasteiger charge is 2.14. The molecule has 1 unspecified atom stereocenters. The Morgan fingerprint density at radius 2 is 2.11 bits per heavy atom. The van der Waals surface area contributed by atoms with Crippen molar-refractivity contribution in [2.45, 2.75) is 33.2 Å². The summed E-state index contributed by atoms with van der Waals surface area (Å²) in [5.41, 5.74) is 1.64. The average Bonchev–Trinajstić information content (AvgIpc) is 2.31. The number of aryl methyl sites for hydroxylation is 1. The van der Waals surface area contributed by atoms with Crippen molar-refractivity contribution in [2.24, 2.45) is 5.92 Å². The van der Waals surface area contributed by atoms with Gasteiger partial charge in [0.25, 0.3) is 5.91 Å². The minimum atomic E-state index is -0.179. The first-order chi connectivity index (χ1) is 8.43. The summed E-state index contributed by atoms with van der Waals surface area (Å²) in [6.07, 6.45) is 0.776. The quantitative estimate of drug-likeness (QED) is 0.878. The number of carbonyl (C=O) groups excluding carboxylic acids is 1. The second kappa shape index (κ2) is 6.90. The minimum absolute atomic E-state index is 0.0283. The number of carbonyl (C=O) groups is 1. The summed E-state index contributed by atoms with van der Waals surface area (Å²) in [6.45, 7) is 6.05. The van der Waals surface area contributed by atoms with Crippen molar-refractivity contribution >= 4 is 21.8 Å². The van der Waals surface area contributed by atoms with Gasteiger partial charge in [-0.15, -0.1) is 0 Å². The van der Waals surface area contributed by atoms with Crippen molar-refractivity contribution in [1.82, 2.24) is 5.32 Å². The fourth-order valence-electron chi connectivity index (χ4n) is 1.80. The molecular weight excluding hydrogens is 294 g/mol. The standard InChI is InChI=1S/C14H20BrNO2/c1-9(2)6-12(8-17)16-14(18)11-4-5-13(15)10(3)7-11/h4-5,7,9,12,17H,6,8H2,1-3H3,(H,16,18). The zero-order valence-electron chi connectivity index (χ0n) is 11.0. The van der Waals surface area contributed by atoms with Crippen LogP contribution in [0, 0.1) is 12.8 Å². The molecule has 1 aromatic rings. The van der Waals surface area contributed by atoms with E-state index in [1.54, 1.807) is 6.07 Å². The lowest BCUT2D eigenvalue weighted by atomic mass is 10.0. The van der Waals surface area contributed by atoms with E-state index in [1.807, 2.05) is 19.1 Å². The van der Waals surface area contributed by atoms with Gasteiger partial charge in [-0.05, 0) is 43.0 Å². The van der Waals surface area contributed by atoms with Gasteiger partial charge in [-0.1, -0.05) is 29.8 Å². The molecule has 0 saturated carbocycles. The average molecular weight is 314 g/mol. The number of hydrogen-bond acceptors (Lipinski definition) is 2. The fourth-order valence-corrected chi connectivity index (χ4v) is 2.05. The van der Waals surface area contributed by atoms with E-state index in [9.17, 15) is 9.90 Å². The van der Waals surface area contributed by atoms with Gasteiger partial charge in [0.15, 0.2) is 0 Å². The van der Waals surface area contributed by atoms with Crippen LogP contribution >= 0.6 is 15.9 Å². The molecule has 0 heterocycles. The van der Waals surface area contributed by atoms with Crippen molar-refractivity contribution in [3.05, 3.63) is 33.8 Å². The maximum Gasteiger partial charge on any atom is 0.251 e. The van der Waals surface area contributed by atoms with Gasteiger partial charge in [-0.3, -0.25) is 4.79 Å². The minimum Gasteiger partial charge on any atom is -0.394 e. The van der Waals surface area contributed by atoms with Crippen LogP contribution in [0.1, 0.15) is 36.2 Å². The Morgan fingerprint density at radius 1 is 1.44 bits per heavy atom. The molecule has 0 spiro atoms. The molecule has 0 saturated heterocycles. The van der Waals surface area contributed by atoms with E-state index in [-0.39, 0.29) is 18.6 Å². The van der Waals surface area contributed by atoms with Gasteiger partial charge in [0.05, 0.1) is 12.6 Å². The normalized spacial score (nSPS) is 12.6. The second-order valence-corrected chi connectivity index (χ2v) is 5.80. The lowest BCUT2D eigenvalue weighted by Crippen LogP contribution is -2.38. The number of hydrogen-bond donors (Lipinski definition) is 2. The van der Waals surface area contributed by atoms with Gasteiger partial charge in [0.2, 0.25) is 0 Å². The first kappa shape index (κ1) is 15.2. The molecule has 0 fully saturated rings. The van der Waals surface area contributed by atoms with Crippen LogP contribution in [0.25, 0.3) is 0 Å². The zero-order valence-corrected chi connectivity index (χ0v) is 12.6. The summed E-state index contributed by atoms with van der Waals surface area (Å²) in [4.78, 5) is 12.0. The lowest BCUT2D eigenvalue weighted by molar-refractivity contribution is 0.0908. The third-order valence-corrected chi connectivity index (χ3v) is 3.62. The first-order valence-electron chi connectivity index (χ1n) is 6.12. The molecule has 18 heavy (non-hydrogen) atoms. The predicted molar refractivity (Wildman–Crippen MR) is 76.7 cm³/mol. The van der Waals surface area contributed by atoms with Crippen molar-refractivity contribution in [2.75, 3.05) is 6.61 Å². The molecule has 1 aromatic carbocycles. The monoisotopic (exact) mass is 313 g/mol. The highest BCUT2D eigenvalue weighted by molar-refractivity contribution is 9.10. The van der Waals surface area contributed by atoms with E-state index in [1.165, 1.54) is 0 Å². The molecule has 0 aliphatic rings. The summed E-state index contributed by atoms with van der Waals surface area (Å²) in [7, 11) is 0. The summed E-state index contributed by atoms with van der Waals surface area (Å²) < 4.78 is 0.986. The SMILES string of the molecule is Cc1cc(C(=O)NC(CO)CC(C)C)ccc1Br. The van der Waals surface area contributed by atoms with Crippen LogP contribution < -0.4 is 5.32 Å². The van der Waals surface area contributed by atoms with E-state index < -0.39 is 0 Å². The lowest BCUT2D eigenvalue weighted by Gasteiger charge is -2.18. The molecule has 4 heteroatoms. The molecule has 0 aromatic heterocycles. The van der Waals surface area contributed by atoms with Crippen LogP contribution in [0.5, 0.6) is 0 Å². The van der Waals surface area contributed by atoms with E-state index in [4.69, 9.17) is 0 Å². The molecule has 1 amide bonds. The van der Waals surface area contributed by atoms with Gasteiger partial charge in [0, 0.05) is 10.0 Å². The van der Waals surface area contributed by atoms with Crippen LogP contribution in [-0.4, -0.2) is 23.7 Å². The highest BCUT2D eigenvalue weighted by atomic mass is 79.9. The van der Waals surface area contributed by atoms with Crippen molar-refractivity contribution in [1.29, 1.82) is 0 Å². The molecule has 100 valence electrons. The van der Waals surface area contributed by atoms with Crippen LogP contribution in [0.2, 0.25) is 0 Å². The smallest absolute Gasteiger partial charge is 0.251 e. The molecular formula is C14H20BrNO2. The third-order valence-electron chi connectivity index (χ3n) is 2.73. The highest BCUT2D eigenvalue weighted by Crippen LogP contribution is 2.17. The third kappa shape index (κ3) is 4.42. The fraction of sp³-hybridized carbons (Fsp3) is 0.500. The molecule has 0 bridgehead atoms. The Kier molecular flexibility index (Phi) is 5.82. The van der Waals surface area contributed by atoms with Crippen molar-refractivity contribution < 1.29 is 9.90 Å². The summed E-state index contributed by atoms with van der Waals surface area (Å²) in [5, 5.41) is 12.1. The van der Waals surface area contributed by atoms with E-state index in [0.717, 1.165) is 16.5 Å². The van der Waals surface area contributed by atoms with Crippen molar-refractivity contribution in [3.8, 4) is 0 Å². The Hall–Kier alpha value is -0.870. The van der Waals surface area contributed by atoms with Gasteiger partial charge in [-0.25, -0.2) is 0 Å². The Morgan fingerprint density at radius 3 is 2.61 bits per heavy atom. The maximum absolute atomic E-state index is 12.0. The molecule has 0 radical (unpaired) electrons. The topological polar surface area (TPSA) is 49.3 Å². The largest absolute Gasteiger partial charge is 0.394 e. The predicted octanol–water partition coefficient (Wildman–Crippen LogP) is 2.89. The van der Waals surface area contributed by atoms with Gasteiger partial charge < -0.3 is 10.4 Å². The molecule has 1 rings (SSSR count). The van der Waals surface area contributed by atoms with Gasteiger partial charge in [0.1, 0.15) is 0 Å². The Bertz CT molecular complexity index is 418. The second-order valence-electron chi connectivity index (χ2n) is 4.95. The van der Waals surface area contributed by atoms with Gasteiger partial charge >= 0.3 is 0 Å². The summed E-state index contributed by atoms with van der Waals surface area (Å²) in [6, 6.07) is 5.29. The molecule has 0 aliphatic carbocycles. The number of aliphatic hydroxyl groups excluding tert-OH is 1. The van der Waals surface area contributed by atoms with Crippen LogP contribution in [0.3, 0.4) is 0 Å². The number of nitrogens with one attached hydrogen (secondary N) is 1. The number of amides is 1. The zero-order chi connectivity index (χ0) is 13.7.